The third-order valence-corrected chi connectivity index (χ3v) is 2.45. The summed E-state index contributed by atoms with van der Waals surface area (Å²) in [5.74, 6) is 0. The zero-order valence-electron chi connectivity index (χ0n) is 8.41. The summed E-state index contributed by atoms with van der Waals surface area (Å²) in [6.07, 6.45) is 0. The van der Waals surface area contributed by atoms with Crippen molar-refractivity contribution in [1.82, 2.24) is 0 Å². The van der Waals surface area contributed by atoms with Crippen molar-refractivity contribution in [3.63, 3.8) is 0 Å². The second-order valence-corrected chi connectivity index (χ2v) is 3.45. The minimum Gasteiger partial charge on any atom is -0.162 e. The molecule has 2 aliphatic rings. The molecule has 0 radical (unpaired) electrons. The number of nitrogens with zero attached hydrogens (tertiary/aromatic N) is 6. The lowest BCUT2D eigenvalue weighted by molar-refractivity contribution is 1.06. The predicted molar refractivity (Wildman–Crippen MR) is 59.0 cm³/mol. The van der Waals surface area contributed by atoms with E-state index < -0.39 is 0 Å². The van der Waals surface area contributed by atoms with Crippen LogP contribution in [0.2, 0.25) is 0 Å². The predicted octanol–water partition coefficient (Wildman–Crippen LogP) is 2.03. The van der Waals surface area contributed by atoms with Gasteiger partial charge in [-0.1, -0.05) is 24.3 Å². The molecule has 1 aromatic carbocycles. The van der Waals surface area contributed by atoms with E-state index in [0.717, 1.165) is 22.6 Å². The van der Waals surface area contributed by atoms with E-state index in [1.54, 1.807) is 0 Å². The Kier molecular flexibility index (Phi) is 2.10. The summed E-state index contributed by atoms with van der Waals surface area (Å²) in [4.78, 5) is 0. The molecule has 6 nitrogen and oxygen atoms in total. The van der Waals surface area contributed by atoms with Gasteiger partial charge in [-0.25, -0.2) is 0 Å². The molecule has 3 rings (SSSR count). The molecule has 0 atom stereocenters. The Morgan fingerprint density at radius 1 is 0.688 bits per heavy atom. The summed E-state index contributed by atoms with van der Waals surface area (Å²) in [7, 11) is 0. The highest BCUT2D eigenvalue weighted by molar-refractivity contribution is 6.05. The van der Waals surface area contributed by atoms with Crippen LogP contribution in [0.5, 0.6) is 0 Å². The molecular weight excluding hydrogens is 204 g/mol. The normalized spacial score (nSPS) is 17.8. The average molecular weight is 212 g/mol. The summed E-state index contributed by atoms with van der Waals surface area (Å²) in [5.41, 5.74) is 3.88. The molecule has 0 bridgehead atoms. The molecule has 0 aliphatic carbocycles. The van der Waals surface area contributed by atoms with Crippen LogP contribution in [0.3, 0.4) is 0 Å². The van der Waals surface area contributed by atoms with E-state index in [-0.39, 0.29) is 0 Å². The molecule has 0 fully saturated rings. The first kappa shape index (κ1) is 9.02. The summed E-state index contributed by atoms with van der Waals surface area (Å²) in [6.45, 7) is 1.12. The van der Waals surface area contributed by atoms with Gasteiger partial charge >= 0.3 is 0 Å². The molecule has 0 saturated heterocycles. The van der Waals surface area contributed by atoms with Crippen LogP contribution in [-0.2, 0) is 0 Å². The summed E-state index contributed by atoms with van der Waals surface area (Å²) in [6, 6.07) is 7.97. The molecule has 0 spiro atoms. The second kappa shape index (κ2) is 3.73. The van der Waals surface area contributed by atoms with Crippen LogP contribution in [0.25, 0.3) is 0 Å². The van der Waals surface area contributed by atoms with Crippen LogP contribution in [-0.4, -0.2) is 24.5 Å². The lowest BCUT2D eigenvalue weighted by Gasteiger charge is -2.01. The van der Waals surface area contributed by atoms with E-state index in [1.165, 1.54) is 0 Å². The fraction of sp³-hybridized carbons (Fsp3) is 0.200. The maximum absolute atomic E-state index is 3.94. The Hall–Kier alpha value is -2.24. The van der Waals surface area contributed by atoms with Crippen LogP contribution in [0.1, 0.15) is 11.1 Å². The molecule has 0 amide bonds. The third-order valence-electron chi connectivity index (χ3n) is 2.45. The van der Waals surface area contributed by atoms with Crippen molar-refractivity contribution >= 4 is 11.4 Å². The largest absolute Gasteiger partial charge is 0.162 e. The van der Waals surface area contributed by atoms with Gasteiger partial charge < -0.3 is 0 Å². The molecule has 78 valence electrons. The first-order valence-corrected chi connectivity index (χ1v) is 4.91. The maximum Gasteiger partial charge on any atom is 0.107 e. The Bertz CT molecular complexity index is 474. The Morgan fingerprint density at radius 3 is 1.44 bits per heavy atom. The minimum atomic E-state index is 0.560. The smallest absolute Gasteiger partial charge is 0.107 e. The SMILES string of the molecule is c1cc(C2=NN=NC2)ccc1C1=NN=NC1. The van der Waals surface area contributed by atoms with Gasteiger partial charge in [-0.15, -0.1) is 10.2 Å². The fourth-order valence-corrected chi connectivity index (χ4v) is 1.58. The number of rotatable bonds is 2. The molecule has 0 aromatic heterocycles. The van der Waals surface area contributed by atoms with Gasteiger partial charge in [-0.05, 0) is 21.6 Å². The Labute approximate surface area is 91.5 Å². The lowest BCUT2D eigenvalue weighted by atomic mass is 10.0. The first-order chi connectivity index (χ1) is 7.93. The van der Waals surface area contributed by atoms with Gasteiger partial charge in [0.1, 0.15) is 13.1 Å². The Balaban J connectivity index is 1.85. The van der Waals surface area contributed by atoms with Crippen molar-refractivity contribution in [2.75, 3.05) is 13.1 Å². The van der Waals surface area contributed by atoms with Gasteiger partial charge in [0.15, 0.2) is 0 Å². The minimum absolute atomic E-state index is 0.560. The quantitative estimate of drug-likeness (QED) is 0.719. The van der Waals surface area contributed by atoms with Crippen molar-refractivity contribution in [3.8, 4) is 0 Å². The summed E-state index contributed by atoms with van der Waals surface area (Å²) >= 11 is 0. The maximum atomic E-state index is 3.94. The van der Waals surface area contributed by atoms with E-state index >= 15 is 0 Å². The van der Waals surface area contributed by atoms with Gasteiger partial charge in [-0.3, -0.25) is 0 Å². The second-order valence-electron chi connectivity index (χ2n) is 3.45. The van der Waals surface area contributed by atoms with Crippen molar-refractivity contribution < 1.29 is 0 Å². The van der Waals surface area contributed by atoms with Gasteiger partial charge in [0.25, 0.3) is 0 Å². The monoisotopic (exact) mass is 212 g/mol. The van der Waals surface area contributed by atoms with Crippen LogP contribution in [0.15, 0.2) is 55.1 Å². The van der Waals surface area contributed by atoms with E-state index in [1.807, 2.05) is 24.3 Å². The highest BCUT2D eigenvalue weighted by Gasteiger charge is 2.10. The highest BCUT2D eigenvalue weighted by atomic mass is 15.4. The number of hydrogen-bond donors (Lipinski definition) is 0. The van der Waals surface area contributed by atoms with Gasteiger partial charge in [-0.2, -0.15) is 10.2 Å². The molecule has 0 N–H and O–H groups in total. The fourth-order valence-electron chi connectivity index (χ4n) is 1.58. The zero-order chi connectivity index (χ0) is 10.8. The van der Waals surface area contributed by atoms with Crippen molar-refractivity contribution in [3.05, 3.63) is 35.4 Å². The molecule has 16 heavy (non-hydrogen) atoms. The highest BCUT2D eigenvalue weighted by Crippen LogP contribution is 2.12. The standard InChI is InChI=1S/C10H8N6/c1-2-8(10-6-12-16-14-10)4-3-7(1)9-5-11-15-13-9/h1-4H,5-6H2. The topological polar surface area (TPSA) is 74.2 Å². The van der Waals surface area contributed by atoms with Gasteiger partial charge in [0.05, 0.1) is 11.4 Å². The first-order valence-electron chi connectivity index (χ1n) is 4.91. The molecule has 2 aliphatic heterocycles. The van der Waals surface area contributed by atoms with Gasteiger partial charge in [0, 0.05) is 0 Å². The van der Waals surface area contributed by atoms with E-state index in [0.29, 0.717) is 13.1 Å². The van der Waals surface area contributed by atoms with Crippen LogP contribution >= 0.6 is 0 Å². The lowest BCUT2D eigenvalue weighted by Crippen LogP contribution is -2.04. The molecule has 0 unspecified atom stereocenters. The summed E-state index contributed by atoms with van der Waals surface area (Å²) in [5, 5.41) is 22.7. The van der Waals surface area contributed by atoms with Crippen molar-refractivity contribution in [2.24, 2.45) is 30.9 Å². The average Bonchev–Trinajstić information content (AvgIpc) is 3.03. The summed E-state index contributed by atoms with van der Waals surface area (Å²) < 4.78 is 0. The van der Waals surface area contributed by atoms with Crippen LogP contribution < -0.4 is 0 Å². The molecular formula is C10H8N6. The Morgan fingerprint density at radius 2 is 1.12 bits per heavy atom. The van der Waals surface area contributed by atoms with Crippen molar-refractivity contribution in [2.45, 2.75) is 0 Å². The van der Waals surface area contributed by atoms with Gasteiger partial charge in [0.2, 0.25) is 0 Å². The van der Waals surface area contributed by atoms with E-state index in [2.05, 4.69) is 30.9 Å². The number of hydrogen-bond acceptors (Lipinski definition) is 6. The molecule has 2 heterocycles. The van der Waals surface area contributed by atoms with Crippen LogP contribution in [0, 0.1) is 0 Å². The molecule has 0 saturated carbocycles. The third kappa shape index (κ3) is 1.54. The number of benzene rings is 1. The van der Waals surface area contributed by atoms with Crippen LogP contribution in [0.4, 0.5) is 0 Å². The molecule has 1 aromatic rings. The van der Waals surface area contributed by atoms with Crippen molar-refractivity contribution in [1.29, 1.82) is 0 Å². The zero-order valence-corrected chi connectivity index (χ0v) is 8.41. The molecule has 6 heteroatoms. The van der Waals surface area contributed by atoms with E-state index in [4.69, 9.17) is 0 Å². The van der Waals surface area contributed by atoms with E-state index in [9.17, 15) is 0 Å².